The van der Waals surface area contributed by atoms with Gasteiger partial charge in [-0.3, -0.25) is 9.78 Å². The Hall–Kier alpha value is -2.11. The molecule has 0 amide bonds. The van der Waals surface area contributed by atoms with Gasteiger partial charge in [0, 0.05) is 11.1 Å². The topological polar surface area (TPSA) is 71.8 Å². The van der Waals surface area contributed by atoms with Gasteiger partial charge in [0.1, 0.15) is 11.2 Å². The third-order valence-corrected chi connectivity index (χ3v) is 4.05. The molecule has 0 unspecified atom stereocenters. The van der Waals surface area contributed by atoms with Gasteiger partial charge in [-0.15, -0.1) is 0 Å². The Bertz CT molecular complexity index is 752. The molecule has 0 bridgehead atoms. The van der Waals surface area contributed by atoms with E-state index in [0.717, 1.165) is 20.8 Å². The van der Waals surface area contributed by atoms with Crippen LogP contribution in [0.3, 0.4) is 0 Å². The fraction of sp³-hybridized carbons (Fsp3) is 0.0667. The van der Waals surface area contributed by atoms with Gasteiger partial charge in [0.2, 0.25) is 0 Å². The van der Waals surface area contributed by atoms with Crippen LogP contribution in [-0.4, -0.2) is 22.3 Å². The number of nitrogens with zero attached hydrogens (tertiary/aromatic N) is 1. The van der Waals surface area contributed by atoms with Crippen LogP contribution in [-0.2, 0) is 0 Å². The molecule has 2 heterocycles. The SMILES string of the molecule is NCC(=O)c1[nH]c2cccnc2c1Sc1ccccc1. The van der Waals surface area contributed by atoms with Crippen molar-refractivity contribution in [2.75, 3.05) is 6.54 Å². The van der Waals surface area contributed by atoms with Crippen molar-refractivity contribution in [1.82, 2.24) is 9.97 Å². The summed E-state index contributed by atoms with van der Waals surface area (Å²) in [7, 11) is 0. The summed E-state index contributed by atoms with van der Waals surface area (Å²) >= 11 is 1.52. The van der Waals surface area contributed by atoms with Crippen molar-refractivity contribution in [1.29, 1.82) is 0 Å². The summed E-state index contributed by atoms with van der Waals surface area (Å²) < 4.78 is 0. The largest absolute Gasteiger partial charge is 0.350 e. The lowest BCUT2D eigenvalue weighted by Crippen LogP contribution is -2.14. The molecule has 0 atom stereocenters. The minimum absolute atomic E-state index is 0.0187. The van der Waals surface area contributed by atoms with Gasteiger partial charge in [-0.1, -0.05) is 30.0 Å². The third kappa shape index (κ3) is 2.33. The Labute approximate surface area is 120 Å². The van der Waals surface area contributed by atoms with Crippen LogP contribution in [0.1, 0.15) is 10.5 Å². The second-order valence-corrected chi connectivity index (χ2v) is 5.35. The average molecular weight is 283 g/mol. The maximum Gasteiger partial charge on any atom is 0.193 e. The molecule has 0 aliphatic carbocycles. The number of aromatic nitrogens is 2. The monoisotopic (exact) mass is 283 g/mol. The van der Waals surface area contributed by atoms with Gasteiger partial charge >= 0.3 is 0 Å². The quantitative estimate of drug-likeness (QED) is 0.722. The van der Waals surface area contributed by atoms with E-state index in [-0.39, 0.29) is 12.3 Å². The number of nitrogens with one attached hydrogen (secondary N) is 1. The van der Waals surface area contributed by atoms with E-state index in [1.54, 1.807) is 6.20 Å². The summed E-state index contributed by atoms with van der Waals surface area (Å²) in [5.74, 6) is -0.110. The van der Waals surface area contributed by atoms with Crippen molar-refractivity contribution in [3.8, 4) is 0 Å². The lowest BCUT2D eigenvalue weighted by molar-refractivity contribution is 0.0994. The maximum atomic E-state index is 12.0. The Balaban J connectivity index is 2.13. The smallest absolute Gasteiger partial charge is 0.193 e. The molecule has 5 heteroatoms. The molecule has 20 heavy (non-hydrogen) atoms. The van der Waals surface area contributed by atoms with Crippen LogP contribution in [0.4, 0.5) is 0 Å². The number of aromatic amines is 1. The number of hydrogen-bond donors (Lipinski definition) is 2. The fourth-order valence-corrected chi connectivity index (χ4v) is 3.06. The minimum Gasteiger partial charge on any atom is -0.350 e. The van der Waals surface area contributed by atoms with Crippen molar-refractivity contribution in [2.45, 2.75) is 9.79 Å². The van der Waals surface area contributed by atoms with E-state index < -0.39 is 0 Å². The Morgan fingerprint density at radius 1 is 1.20 bits per heavy atom. The normalized spacial score (nSPS) is 10.8. The highest BCUT2D eigenvalue weighted by Crippen LogP contribution is 2.35. The van der Waals surface area contributed by atoms with Gasteiger partial charge in [0.05, 0.1) is 17.0 Å². The Morgan fingerprint density at radius 3 is 2.75 bits per heavy atom. The summed E-state index contributed by atoms with van der Waals surface area (Å²) in [6.07, 6.45) is 1.72. The molecule has 100 valence electrons. The first-order valence-electron chi connectivity index (χ1n) is 6.22. The molecule has 4 nitrogen and oxygen atoms in total. The van der Waals surface area contributed by atoms with Gasteiger partial charge in [-0.25, -0.2) is 0 Å². The van der Waals surface area contributed by atoms with Crippen molar-refractivity contribution >= 4 is 28.6 Å². The van der Waals surface area contributed by atoms with E-state index in [2.05, 4.69) is 9.97 Å². The van der Waals surface area contributed by atoms with Gasteiger partial charge < -0.3 is 10.7 Å². The average Bonchev–Trinajstić information content (AvgIpc) is 2.86. The van der Waals surface area contributed by atoms with Crippen molar-refractivity contribution in [3.05, 3.63) is 54.4 Å². The summed E-state index contributed by atoms with van der Waals surface area (Å²) in [6.45, 7) is -0.0187. The van der Waals surface area contributed by atoms with Crippen molar-refractivity contribution in [3.63, 3.8) is 0 Å². The minimum atomic E-state index is -0.110. The fourth-order valence-electron chi connectivity index (χ4n) is 2.00. The van der Waals surface area contributed by atoms with E-state index in [9.17, 15) is 4.79 Å². The number of Topliss-reactive ketones (excluding diaryl/α,β-unsaturated/α-hetero) is 1. The van der Waals surface area contributed by atoms with E-state index in [4.69, 9.17) is 5.73 Å². The number of fused-ring (bicyclic) bond motifs is 1. The van der Waals surface area contributed by atoms with Crippen LogP contribution >= 0.6 is 11.8 Å². The first kappa shape index (κ1) is 12.9. The van der Waals surface area contributed by atoms with Crippen LogP contribution in [0, 0.1) is 0 Å². The lowest BCUT2D eigenvalue weighted by atomic mass is 10.3. The van der Waals surface area contributed by atoms with Gasteiger partial charge in [0.15, 0.2) is 5.78 Å². The molecule has 0 aliphatic heterocycles. The predicted octanol–water partition coefficient (Wildman–Crippen LogP) is 2.86. The first-order chi connectivity index (χ1) is 9.79. The molecule has 0 saturated carbocycles. The third-order valence-electron chi connectivity index (χ3n) is 2.94. The second kappa shape index (κ2) is 5.48. The first-order valence-corrected chi connectivity index (χ1v) is 7.04. The van der Waals surface area contributed by atoms with Crippen LogP contribution in [0.2, 0.25) is 0 Å². The molecule has 0 aliphatic rings. The highest BCUT2D eigenvalue weighted by molar-refractivity contribution is 7.99. The molecular formula is C15H13N3OS. The molecule has 0 saturated heterocycles. The van der Waals surface area contributed by atoms with Crippen LogP contribution in [0.5, 0.6) is 0 Å². The molecule has 3 aromatic rings. The zero-order valence-corrected chi connectivity index (χ0v) is 11.5. The lowest BCUT2D eigenvalue weighted by Gasteiger charge is -2.02. The predicted molar refractivity (Wildman–Crippen MR) is 80.0 cm³/mol. The standard InChI is InChI=1S/C15H13N3OS/c16-9-12(19)14-15(20-10-5-2-1-3-6-10)13-11(18-14)7-4-8-17-13/h1-8,18H,9,16H2. The number of carbonyl (C=O) groups excluding carboxylic acids is 1. The number of nitrogens with two attached hydrogens (primary N) is 1. The summed E-state index contributed by atoms with van der Waals surface area (Å²) in [5.41, 5.74) is 7.68. The highest BCUT2D eigenvalue weighted by atomic mass is 32.2. The zero-order chi connectivity index (χ0) is 13.9. The van der Waals surface area contributed by atoms with Crippen molar-refractivity contribution in [2.24, 2.45) is 5.73 Å². The second-order valence-electron chi connectivity index (χ2n) is 4.27. The number of benzene rings is 1. The number of pyridine rings is 1. The van der Waals surface area contributed by atoms with E-state index in [1.165, 1.54) is 11.8 Å². The number of carbonyl (C=O) groups is 1. The highest BCUT2D eigenvalue weighted by Gasteiger charge is 2.18. The van der Waals surface area contributed by atoms with Crippen LogP contribution < -0.4 is 5.73 Å². The molecule has 0 spiro atoms. The molecule has 0 radical (unpaired) electrons. The number of H-pyrrole nitrogens is 1. The van der Waals surface area contributed by atoms with Crippen molar-refractivity contribution < 1.29 is 4.79 Å². The van der Waals surface area contributed by atoms with E-state index >= 15 is 0 Å². The molecular weight excluding hydrogens is 270 g/mol. The zero-order valence-electron chi connectivity index (χ0n) is 10.7. The van der Waals surface area contributed by atoms with Gasteiger partial charge in [-0.2, -0.15) is 0 Å². The Kier molecular flexibility index (Phi) is 3.54. The maximum absolute atomic E-state index is 12.0. The van der Waals surface area contributed by atoms with Crippen LogP contribution in [0.15, 0.2) is 58.5 Å². The van der Waals surface area contributed by atoms with E-state index in [1.807, 2.05) is 42.5 Å². The molecule has 3 N–H and O–H groups in total. The summed E-state index contributed by atoms with van der Waals surface area (Å²) in [6, 6.07) is 13.6. The molecule has 1 aromatic carbocycles. The summed E-state index contributed by atoms with van der Waals surface area (Å²) in [5, 5.41) is 0. The summed E-state index contributed by atoms with van der Waals surface area (Å²) in [4.78, 5) is 21.4. The van der Waals surface area contributed by atoms with Gasteiger partial charge in [-0.05, 0) is 24.3 Å². The molecule has 2 aromatic heterocycles. The Morgan fingerprint density at radius 2 is 2.00 bits per heavy atom. The number of hydrogen-bond acceptors (Lipinski definition) is 4. The van der Waals surface area contributed by atoms with Gasteiger partial charge in [0.25, 0.3) is 0 Å². The number of rotatable bonds is 4. The van der Waals surface area contributed by atoms with Crippen LogP contribution in [0.25, 0.3) is 11.0 Å². The molecule has 0 fully saturated rings. The molecule has 3 rings (SSSR count). The van der Waals surface area contributed by atoms with E-state index in [0.29, 0.717) is 5.69 Å². The number of ketones is 1.